The van der Waals surface area contributed by atoms with Gasteiger partial charge in [0, 0.05) is 6.42 Å². The first-order chi connectivity index (χ1) is 8.16. The second-order valence-electron chi connectivity index (χ2n) is 3.82. The molecule has 100 valence electrons. The van der Waals surface area contributed by atoms with Gasteiger partial charge in [0.25, 0.3) is 5.92 Å². The monoisotopic (exact) mass is 266 g/mol. The van der Waals surface area contributed by atoms with E-state index in [1.54, 1.807) is 0 Å². The van der Waals surface area contributed by atoms with E-state index in [2.05, 4.69) is 6.58 Å². The van der Waals surface area contributed by atoms with Crippen molar-refractivity contribution in [3.63, 3.8) is 0 Å². The predicted molar refractivity (Wildman–Crippen MR) is 56.3 cm³/mol. The van der Waals surface area contributed by atoms with Crippen molar-refractivity contribution in [2.24, 2.45) is 0 Å². The first kappa shape index (κ1) is 14.6. The van der Waals surface area contributed by atoms with Gasteiger partial charge >= 0.3 is 6.18 Å². The Hall–Kier alpha value is -1.43. The van der Waals surface area contributed by atoms with Crippen molar-refractivity contribution in [3.8, 4) is 0 Å². The number of hydrogen-bond donors (Lipinski definition) is 1. The van der Waals surface area contributed by atoms with Gasteiger partial charge in [-0.3, -0.25) is 0 Å². The van der Waals surface area contributed by atoms with Crippen LogP contribution in [0.4, 0.5) is 22.0 Å². The average Bonchev–Trinajstić information content (AvgIpc) is 2.26. The molecule has 1 nitrogen and oxygen atoms in total. The SMILES string of the molecule is C=CC(O)C(F)(F)Cc1cccc(C(F)(F)F)c1. The molecule has 0 saturated heterocycles. The van der Waals surface area contributed by atoms with Crippen LogP contribution in [-0.4, -0.2) is 17.1 Å². The predicted octanol–water partition coefficient (Wildman–Crippen LogP) is 3.43. The normalized spacial score (nSPS) is 14.3. The van der Waals surface area contributed by atoms with Crippen LogP contribution in [0.3, 0.4) is 0 Å². The molecule has 0 bridgehead atoms. The third kappa shape index (κ3) is 3.53. The molecular weight excluding hydrogens is 255 g/mol. The maximum absolute atomic E-state index is 13.3. The first-order valence-corrected chi connectivity index (χ1v) is 5.01. The van der Waals surface area contributed by atoms with Gasteiger partial charge in [-0.05, 0) is 11.6 Å². The van der Waals surface area contributed by atoms with Crippen LogP contribution in [-0.2, 0) is 12.6 Å². The van der Waals surface area contributed by atoms with Gasteiger partial charge in [-0.2, -0.15) is 13.2 Å². The van der Waals surface area contributed by atoms with Crippen LogP contribution in [0.15, 0.2) is 36.9 Å². The highest BCUT2D eigenvalue weighted by Crippen LogP contribution is 2.31. The van der Waals surface area contributed by atoms with E-state index < -0.39 is 30.2 Å². The zero-order chi connectivity index (χ0) is 14.0. The molecule has 6 heteroatoms. The quantitative estimate of drug-likeness (QED) is 0.654. The van der Waals surface area contributed by atoms with Gasteiger partial charge in [0.15, 0.2) is 0 Å². The van der Waals surface area contributed by atoms with E-state index >= 15 is 0 Å². The smallest absolute Gasteiger partial charge is 0.383 e. The van der Waals surface area contributed by atoms with Gasteiger partial charge in [-0.25, -0.2) is 8.78 Å². The second-order valence-corrected chi connectivity index (χ2v) is 3.82. The highest BCUT2D eigenvalue weighted by Gasteiger charge is 2.37. The van der Waals surface area contributed by atoms with E-state index in [9.17, 15) is 22.0 Å². The third-order valence-corrected chi connectivity index (χ3v) is 2.35. The minimum Gasteiger partial charge on any atom is -0.383 e. The highest BCUT2D eigenvalue weighted by molar-refractivity contribution is 5.26. The summed E-state index contributed by atoms with van der Waals surface area (Å²) in [6.45, 7) is 3.02. The van der Waals surface area contributed by atoms with Gasteiger partial charge in [-0.1, -0.05) is 24.3 Å². The molecule has 1 aromatic rings. The molecule has 1 rings (SSSR count). The van der Waals surface area contributed by atoms with Gasteiger partial charge < -0.3 is 5.11 Å². The summed E-state index contributed by atoms with van der Waals surface area (Å²) in [5.74, 6) is -3.55. The summed E-state index contributed by atoms with van der Waals surface area (Å²) in [5.41, 5.74) is -1.19. The molecule has 0 aliphatic rings. The van der Waals surface area contributed by atoms with Gasteiger partial charge in [0.2, 0.25) is 0 Å². The van der Waals surface area contributed by atoms with E-state index in [0.29, 0.717) is 12.1 Å². The Morgan fingerprint density at radius 3 is 2.33 bits per heavy atom. The topological polar surface area (TPSA) is 20.2 Å². The number of alkyl halides is 5. The van der Waals surface area contributed by atoms with Crippen molar-refractivity contribution < 1.29 is 27.1 Å². The van der Waals surface area contributed by atoms with E-state index in [1.165, 1.54) is 0 Å². The highest BCUT2D eigenvalue weighted by atomic mass is 19.4. The fraction of sp³-hybridized carbons (Fsp3) is 0.333. The van der Waals surface area contributed by atoms with Gasteiger partial charge in [0.1, 0.15) is 6.10 Å². The van der Waals surface area contributed by atoms with Crippen molar-refractivity contribution in [1.82, 2.24) is 0 Å². The molecule has 0 saturated carbocycles. The maximum atomic E-state index is 13.3. The minimum atomic E-state index is -4.58. The lowest BCUT2D eigenvalue weighted by molar-refractivity contribution is -0.137. The van der Waals surface area contributed by atoms with Crippen LogP contribution in [0.2, 0.25) is 0 Å². The average molecular weight is 266 g/mol. The van der Waals surface area contributed by atoms with Crippen molar-refractivity contribution in [2.75, 3.05) is 0 Å². The van der Waals surface area contributed by atoms with Gasteiger partial charge in [0.05, 0.1) is 5.56 Å². The number of aliphatic hydroxyl groups excluding tert-OH is 1. The molecule has 0 aromatic heterocycles. The molecular formula is C12H11F5O. The Bertz CT molecular complexity index is 425. The number of rotatable bonds is 4. The molecule has 0 aliphatic carbocycles. The number of hydrogen-bond acceptors (Lipinski definition) is 1. The van der Waals surface area contributed by atoms with E-state index in [0.717, 1.165) is 18.2 Å². The zero-order valence-electron chi connectivity index (χ0n) is 9.22. The lowest BCUT2D eigenvalue weighted by Gasteiger charge is -2.20. The second kappa shape index (κ2) is 5.06. The van der Waals surface area contributed by atoms with E-state index in [-0.39, 0.29) is 5.56 Å². The molecule has 0 heterocycles. The largest absolute Gasteiger partial charge is 0.416 e. The van der Waals surface area contributed by atoms with Crippen LogP contribution < -0.4 is 0 Å². The lowest BCUT2D eigenvalue weighted by atomic mass is 10.0. The molecule has 0 radical (unpaired) electrons. The Morgan fingerprint density at radius 2 is 1.83 bits per heavy atom. The van der Waals surface area contributed by atoms with Crippen molar-refractivity contribution in [2.45, 2.75) is 24.6 Å². The molecule has 0 fully saturated rings. The standard InChI is InChI=1S/C12H11F5O/c1-2-10(18)11(13,14)7-8-4-3-5-9(6-8)12(15,16)17/h2-6,10,18H,1,7H2. The third-order valence-electron chi connectivity index (χ3n) is 2.35. The summed E-state index contributed by atoms with van der Waals surface area (Å²) in [6, 6.07) is 3.64. The summed E-state index contributed by atoms with van der Waals surface area (Å²) in [7, 11) is 0. The van der Waals surface area contributed by atoms with Crippen LogP contribution in [0.5, 0.6) is 0 Å². The zero-order valence-corrected chi connectivity index (χ0v) is 9.22. The molecule has 0 spiro atoms. The van der Waals surface area contributed by atoms with Crippen molar-refractivity contribution >= 4 is 0 Å². The molecule has 1 unspecified atom stereocenters. The minimum absolute atomic E-state index is 0.198. The van der Waals surface area contributed by atoms with Crippen molar-refractivity contribution in [3.05, 3.63) is 48.0 Å². The molecule has 1 aromatic carbocycles. The van der Waals surface area contributed by atoms with E-state index in [1.807, 2.05) is 0 Å². The summed E-state index contributed by atoms with van der Waals surface area (Å²) in [5, 5.41) is 8.99. The first-order valence-electron chi connectivity index (χ1n) is 5.01. The summed E-state index contributed by atoms with van der Waals surface area (Å²) < 4.78 is 63.8. The van der Waals surface area contributed by atoms with Crippen LogP contribution in [0.25, 0.3) is 0 Å². The fourth-order valence-electron chi connectivity index (χ4n) is 1.41. The summed E-state index contributed by atoms with van der Waals surface area (Å²) >= 11 is 0. The fourth-order valence-corrected chi connectivity index (χ4v) is 1.41. The molecule has 0 amide bonds. The molecule has 18 heavy (non-hydrogen) atoms. The number of benzene rings is 1. The number of aliphatic hydroxyl groups is 1. The molecule has 1 atom stereocenters. The lowest BCUT2D eigenvalue weighted by Crippen LogP contribution is -2.34. The molecule has 1 N–H and O–H groups in total. The Kier molecular flexibility index (Phi) is 4.11. The summed E-state index contributed by atoms with van der Waals surface area (Å²) in [6.07, 6.45) is -7.01. The van der Waals surface area contributed by atoms with Gasteiger partial charge in [-0.15, -0.1) is 6.58 Å². The Morgan fingerprint density at radius 1 is 1.22 bits per heavy atom. The summed E-state index contributed by atoms with van der Waals surface area (Å²) in [4.78, 5) is 0. The van der Waals surface area contributed by atoms with Crippen LogP contribution >= 0.6 is 0 Å². The van der Waals surface area contributed by atoms with Crippen molar-refractivity contribution in [1.29, 1.82) is 0 Å². The maximum Gasteiger partial charge on any atom is 0.416 e. The Balaban J connectivity index is 2.96. The van der Waals surface area contributed by atoms with E-state index in [4.69, 9.17) is 5.11 Å². The molecule has 0 aliphatic heterocycles. The number of halogens is 5. The van der Waals surface area contributed by atoms with Crippen LogP contribution in [0, 0.1) is 0 Å². The van der Waals surface area contributed by atoms with Crippen LogP contribution in [0.1, 0.15) is 11.1 Å². The Labute approximate surface area is 101 Å².